The molecular weight excluding hydrogens is 363 g/mol. The number of carbonyl (C=O) groups excluding carboxylic acids is 1. The Morgan fingerprint density at radius 2 is 2.15 bits per heavy atom. The maximum atomic E-state index is 13.4. The first-order valence-corrected chi connectivity index (χ1v) is 8.16. The molecule has 0 fully saturated rings. The van der Waals surface area contributed by atoms with E-state index in [-0.39, 0.29) is 13.0 Å². The zero-order valence-electron chi connectivity index (χ0n) is 14.4. The highest BCUT2D eigenvalue weighted by Gasteiger charge is 2.57. The number of fused-ring (bicyclic) bond motifs is 1. The number of imidazole rings is 1. The summed E-state index contributed by atoms with van der Waals surface area (Å²) < 4.78 is 41.4. The summed E-state index contributed by atoms with van der Waals surface area (Å²) >= 11 is 0. The van der Waals surface area contributed by atoms with Crippen LogP contribution in [0.1, 0.15) is 17.8 Å². The van der Waals surface area contributed by atoms with Crippen molar-refractivity contribution >= 4 is 16.8 Å². The molecule has 7 nitrogen and oxygen atoms in total. The van der Waals surface area contributed by atoms with Crippen molar-refractivity contribution in [3.05, 3.63) is 48.4 Å². The fourth-order valence-corrected chi connectivity index (χ4v) is 2.94. The van der Waals surface area contributed by atoms with Crippen LogP contribution in [0.4, 0.5) is 13.2 Å². The number of alkyl halides is 3. The monoisotopic (exact) mass is 381 g/mol. The average Bonchev–Trinajstić information content (AvgIpc) is 3.21. The molecule has 3 heterocycles. The van der Waals surface area contributed by atoms with Gasteiger partial charge in [0.05, 0.1) is 18.1 Å². The minimum absolute atomic E-state index is 0.00311. The van der Waals surface area contributed by atoms with Crippen LogP contribution >= 0.6 is 0 Å². The maximum absolute atomic E-state index is 13.4. The number of nitrogens with zero attached hydrogens (tertiary/aromatic N) is 3. The van der Waals surface area contributed by atoms with Gasteiger partial charge in [0.25, 0.3) is 0 Å². The fraction of sp³-hybridized carbons (Fsp3) is 0.353. The van der Waals surface area contributed by atoms with Gasteiger partial charge in [-0.15, -0.1) is 0 Å². The van der Waals surface area contributed by atoms with Gasteiger partial charge in [0, 0.05) is 50.2 Å². The Hall–Kier alpha value is -2.88. The van der Waals surface area contributed by atoms with E-state index in [0.29, 0.717) is 5.56 Å². The molecule has 0 radical (unpaired) electrons. The third-order valence-corrected chi connectivity index (χ3v) is 4.39. The van der Waals surface area contributed by atoms with E-state index in [1.807, 2.05) is 0 Å². The van der Waals surface area contributed by atoms with Crippen LogP contribution in [-0.2, 0) is 23.9 Å². The third kappa shape index (κ3) is 3.65. The van der Waals surface area contributed by atoms with Crippen LogP contribution in [0.2, 0.25) is 0 Å². The molecule has 0 aliphatic heterocycles. The fourth-order valence-electron chi connectivity index (χ4n) is 2.94. The Bertz CT molecular complexity index is 949. The van der Waals surface area contributed by atoms with Gasteiger partial charge in [0.1, 0.15) is 5.82 Å². The molecule has 3 N–H and O–H groups in total. The smallest absolute Gasteiger partial charge is 0.374 e. The molecule has 0 aliphatic rings. The molecule has 0 aliphatic carbocycles. The highest BCUT2D eigenvalue weighted by molar-refractivity contribution is 5.88. The van der Waals surface area contributed by atoms with E-state index >= 15 is 0 Å². The van der Waals surface area contributed by atoms with Gasteiger partial charge in [-0.3, -0.25) is 9.78 Å². The Kier molecular flexibility index (Phi) is 4.92. The lowest BCUT2D eigenvalue weighted by Crippen LogP contribution is -2.46. The number of aromatic nitrogens is 4. The summed E-state index contributed by atoms with van der Waals surface area (Å²) in [5.74, 6) is -0.967. The summed E-state index contributed by atoms with van der Waals surface area (Å²) in [7, 11) is 1.36. The molecule has 3 aromatic rings. The number of carbonyl (C=O) groups is 1. The van der Waals surface area contributed by atoms with Gasteiger partial charge in [-0.1, -0.05) is 0 Å². The number of pyridine rings is 1. The van der Waals surface area contributed by atoms with Crippen molar-refractivity contribution in [1.82, 2.24) is 24.8 Å². The summed E-state index contributed by atoms with van der Waals surface area (Å²) in [5.41, 5.74) is -1.67. The van der Waals surface area contributed by atoms with E-state index in [0.717, 1.165) is 15.5 Å². The number of aliphatic hydroxyl groups is 1. The number of rotatable bonds is 6. The number of aromatic amines is 1. The Morgan fingerprint density at radius 1 is 1.37 bits per heavy atom. The predicted octanol–water partition coefficient (Wildman–Crippen LogP) is 1.80. The second kappa shape index (κ2) is 7.03. The molecule has 0 saturated heterocycles. The molecule has 1 atom stereocenters. The summed E-state index contributed by atoms with van der Waals surface area (Å²) in [6.45, 7) is -0.356. The minimum atomic E-state index is -4.93. The number of halogens is 3. The van der Waals surface area contributed by atoms with Crippen molar-refractivity contribution < 1.29 is 23.1 Å². The van der Waals surface area contributed by atoms with Crippen LogP contribution < -0.4 is 5.32 Å². The van der Waals surface area contributed by atoms with Crippen LogP contribution in [0.25, 0.3) is 10.9 Å². The SMILES string of the molecule is Cn1ccnc1C(O)(CCNC(=O)Cc1c[nH]c2cnccc12)C(F)(F)F. The normalized spacial score (nSPS) is 14.3. The van der Waals surface area contributed by atoms with Crippen molar-refractivity contribution in [1.29, 1.82) is 0 Å². The molecule has 1 unspecified atom stereocenters. The number of H-pyrrole nitrogens is 1. The maximum Gasteiger partial charge on any atom is 0.424 e. The Morgan fingerprint density at radius 3 is 2.81 bits per heavy atom. The highest BCUT2D eigenvalue weighted by Crippen LogP contribution is 2.40. The predicted molar refractivity (Wildman–Crippen MR) is 90.6 cm³/mol. The van der Waals surface area contributed by atoms with Gasteiger partial charge < -0.3 is 20.0 Å². The first kappa shape index (κ1) is 18.9. The van der Waals surface area contributed by atoms with Gasteiger partial charge >= 0.3 is 6.18 Å². The summed E-state index contributed by atoms with van der Waals surface area (Å²) in [5, 5.41) is 13.5. The molecule has 3 aromatic heterocycles. The summed E-state index contributed by atoms with van der Waals surface area (Å²) in [4.78, 5) is 22.7. The second-order valence-electron chi connectivity index (χ2n) is 6.23. The van der Waals surface area contributed by atoms with E-state index in [1.54, 1.807) is 24.7 Å². The van der Waals surface area contributed by atoms with Crippen molar-refractivity contribution in [3.8, 4) is 0 Å². The second-order valence-corrected chi connectivity index (χ2v) is 6.23. The lowest BCUT2D eigenvalue weighted by atomic mass is 9.97. The Labute approximate surface area is 152 Å². The highest BCUT2D eigenvalue weighted by atomic mass is 19.4. The van der Waals surface area contributed by atoms with Crippen molar-refractivity contribution in [2.24, 2.45) is 7.05 Å². The lowest BCUT2D eigenvalue weighted by molar-refractivity contribution is -0.272. The first-order chi connectivity index (χ1) is 12.7. The van der Waals surface area contributed by atoms with Gasteiger partial charge in [-0.2, -0.15) is 13.2 Å². The van der Waals surface area contributed by atoms with E-state index < -0.39 is 29.9 Å². The molecule has 1 amide bonds. The van der Waals surface area contributed by atoms with Gasteiger partial charge in [0.15, 0.2) is 0 Å². The molecule has 0 bridgehead atoms. The number of amides is 1. The van der Waals surface area contributed by atoms with Crippen LogP contribution in [0, 0.1) is 0 Å². The molecule has 27 heavy (non-hydrogen) atoms. The van der Waals surface area contributed by atoms with Gasteiger partial charge in [-0.25, -0.2) is 4.98 Å². The van der Waals surface area contributed by atoms with Crippen LogP contribution in [0.5, 0.6) is 0 Å². The van der Waals surface area contributed by atoms with Crippen molar-refractivity contribution in [2.45, 2.75) is 24.6 Å². The zero-order chi connectivity index (χ0) is 19.7. The molecular formula is C17H18F3N5O2. The Balaban J connectivity index is 1.65. The van der Waals surface area contributed by atoms with Gasteiger partial charge in [-0.05, 0) is 11.6 Å². The number of aryl methyl sites for hydroxylation is 1. The summed E-state index contributed by atoms with van der Waals surface area (Å²) in [6.07, 6.45) is 1.68. The number of nitrogens with one attached hydrogen (secondary N) is 2. The minimum Gasteiger partial charge on any atom is -0.374 e. The van der Waals surface area contributed by atoms with E-state index in [4.69, 9.17) is 0 Å². The van der Waals surface area contributed by atoms with Crippen LogP contribution in [0.3, 0.4) is 0 Å². The quantitative estimate of drug-likeness (QED) is 0.607. The summed E-state index contributed by atoms with van der Waals surface area (Å²) in [6, 6.07) is 1.75. The molecule has 0 saturated carbocycles. The molecule has 144 valence electrons. The average molecular weight is 381 g/mol. The molecule has 10 heteroatoms. The lowest BCUT2D eigenvalue weighted by Gasteiger charge is -2.29. The van der Waals surface area contributed by atoms with E-state index in [1.165, 1.54) is 19.4 Å². The van der Waals surface area contributed by atoms with Crippen molar-refractivity contribution in [3.63, 3.8) is 0 Å². The zero-order valence-corrected chi connectivity index (χ0v) is 14.4. The topological polar surface area (TPSA) is 95.8 Å². The molecule has 3 rings (SSSR count). The van der Waals surface area contributed by atoms with Crippen LogP contribution in [-0.4, -0.2) is 43.3 Å². The van der Waals surface area contributed by atoms with Gasteiger partial charge in [0.2, 0.25) is 11.5 Å². The van der Waals surface area contributed by atoms with E-state index in [9.17, 15) is 23.1 Å². The van der Waals surface area contributed by atoms with Crippen LogP contribution in [0.15, 0.2) is 37.1 Å². The third-order valence-electron chi connectivity index (χ3n) is 4.39. The largest absolute Gasteiger partial charge is 0.424 e. The molecule has 0 spiro atoms. The first-order valence-electron chi connectivity index (χ1n) is 8.16. The number of hydrogen-bond donors (Lipinski definition) is 3. The standard InChI is InChI=1S/C17H18F3N5O2/c1-25-7-6-23-15(25)16(27,17(18,19)20)3-5-22-14(26)8-11-9-24-13-10-21-4-2-12(11)13/h2,4,6-7,9-10,24,27H,3,5,8H2,1H3,(H,22,26). The molecule has 0 aromatic carbocycles. The van der Waals surface area contributed by atoms with Crippen molar-refractivity contribution in [2.75, 3.05) is 6.54 Å². The number of hydrogen-bond acceptors (Lipinski definition) is 4. The van der Waals surface area contributed by atoms with E-state index in [2.05, 4.69) is 20.3 Å².